The maximum Gasteiger partial charge on any atom is 0.191 e. The second-order valence-electron chi connectivity index (χ2n) is 9.13. The van der Waals surface area contributed by atoms with Gasteiger partial charge in [-0.3, -0.25) is 9.89 Å². The van der Waals surface area contributed by atoms with Crippen molar-refractivity contribution in [1.82, 2.24) is 15.5 Å². The first-order valence-electron chi connectivity index (χ1n) is 11.6. The molecule has 1 saturated carbocycles. The first-order chi connectivity index (χ1) is 14.3. The predicted molar refractivity (Wildman–Crippen MR) is 122 cm³/mol. The molecule has 1 aliphatic carbocycles. The van der Waals surface area contributed by atoms with Crippen LogP contribution in [-0.4, -0.2) is 62.8 Å². The van der Waals surface area contributed by atoms with Crippen molar-refractivity contribution >= 4 is 17.3 Å². The standard InChI is InChI=1S/C23H38N4OS/c1-24-21(25-18-22(9-3-2-4-10-22)20-8-7-17-29-20)26-19-23(11-15-28-16-12-23)27-13-5-6-14-27/h7-8,17H,2-6,9-16,18-19H2,1H3,(H2,24,25,26). The minimum Gasteiger partial charge on any atom is -0.381 e. The van der Waals surface area contributed by atoms with Crippen LogP contribution in [0.4, 0.5) is 0 Å². The van der Waals surface area contributed by atoms with E-state index in [9.17, 15) is 0 Å². The highest BCUT2D eigenvalue weighted by Crippen LogP contribution is 2.41. The first kappa shape index (κ1) is 21.1. The molecule has 0 radical (unpaired) electrons. The number of nitrogens with zero attached hydrogens (tertiary/aromatic N) is 2. The molecule has 29 heavy (non-hydrogen) atoms. The number of rotatable bonds is 6. The lowest BCUT2D eigenvalue weighted by Gasteiger charge is -2.45. The maximum atomic E-state index is 5.70. The van der Waals surface area contributed by atoms with E-state index in [1.165, 1.54) is 62.9 Å². The van der Waals surface area contributed by atoms with E-state index in [-0.39, 0.29) is 11.0 Å². The zero-order valence-electron chi connectivity index (χ0n) is 18.0. The van der Waals surface area contributed by atoms with Crippen LogP contribution < -0.4 is 10.6 Å². The normalized spacial score (nSPS) is 25.1. The number of hydrogen-bond acceptors (Lipinski definition) is 4. The van der Waals surface area contributed by atoms with Gasteiger partial charge in [0.25, 0.3) is 0 Å². The summed E-state index contributed by atoms with van der Waals surface area (Å²) in [4.78, 5) is 8.83. The zero-order valence-corrected chi connectivity index (χ0v) is 18.9. The van der Waals surface area contributed by atoms with Gasteiger partial charge in [0.05, 0.1) is 0 Å². The SMILES string of the molecule is CN=C(NCC1(c2cccs2)CCCCC1)NCC1(N2CCCC2)CCOCC1. The summed E-state index contributed by atoms with van der Waals surface area (Å²) in [6.07, 6.45) is 11.5. The van der Waals surface area contributed by atoms with Gasteiger partial charge in [-0.05, 0) is 63.1 Å². The molecule has 1 aromatic heterocycles. The number of hydrogen-bond donors (Lipinski definition) is 2. The molecule has 3 aliphatic rings. The van der Waals surface area contributed by atoms with Crippen molar-refractivity contribution in [2.24, 2.45) is 4.99 Å². The lowest BCUT2D eigenvalue weighted by Crippen LogP contribution is -2.59. The van der Waals surface area contributed by atoms with Crippen molar-refractivity contribution in [3.8, 4) is 0 Å². The molecule has 0 bridgehead atoms. The van der Waals surface area contributed by atoms with E-state index in [4.69, 9.17) is 4.74 Å². The molecule has 5 nitrogen and oxygen atoms in total. The fourth-order valence-corrected chi connectivity index (χ4v) is 6.58. The van der Waals surface area contributed by atoms with Crippen LogP contribution in [0, 0.1) is 0 Å². The lowest BCUT2D eigenvalue weighted by atomic mass is 9.73. The topological polar surface area (TPSA) is 48.9 Å². The summed E-state index contributed by atoms with van der Waals surface area (Å²) in [5.74, 6) is 0.955. The van der Waals surface area contributed by atoms with Crippen LogP contribution in [-0.2, 0) is 10.2 Å². The van der Waals surface area contributed by atoms with Crippen LogP contribution in [0.3, 0.4) is 0 Å². The molecule has 2 saturated heterocycles. The molecule has 0 aromatic carbocycles. The van der Waals surface area contributed by atoms with E-state index < -0.39 is 0 Å². The van der Waals surface area contributed by atoms with E-state index in [0.29, 0.717) is 0 Å². The van der Waals surface area contributed by atoms with Crippen molar-refractivity contribution in [1.29, 1.82) is 0 Å². The Morgan fingerprint density at radius 1 is 1.03 bits per heavy atom. The molecule has 6 heteroatoms. The molecule has 3 heterocycles. The third-order valence-electron chi connectivity index (χ3n) is 7.46. The third-order valence-corrected chi connectivity index (χ3v) is 8.57. The van der Waals surface area contributed by atoms with E-state index in [0.717, 1.165) is 45.1 Å². The largest absolute Gasteiger partial charge is 0.381 e. The Bertz CT molecular complexity index is 642. The molecule has 0 atom stereocenters. The van der Waals surface area contributed by atoms with Gasteiger partial charge in [0, 0.05) is 49.2 Å². The van der Waals surface area contributed by atoms with Crippen LogP contribution >= 0.6 is 11.3 Å². The summed E-state index contributed by atoms with van der Waals surface area (Å²) in [5.41, 5.74) is 0.498. The summed E-state index contributed by atoms with van der Waals surface area (Å²) in [6, 6.07) is 4.53. The van der Waals surface area contributed by atoms with E-state index in [1.54, 1.807) is 0 Å². The third kappa shape index (κ3) is 4.80. The number of aliphatic imine (C=N–C) groups is 1. The predicted octanol–water partition coefficient (Wildman–Crippen LogP) is 3.76. The Morgan fingerprint density at radius 2 is 1.76 bits per heavy atom. The number of ether oxygens (including phenoxy) is 1. The summed E-state index contributed by atoms with van der Waals surface area (Å²) in [7, 11) is 1.90. The quantitative estimate of drug-likeness (QED) is 0.546. The van der Waals surface area contributed by atoms with Crippen LogP contribution in [0.5, 0.6) is 0 Å². The molecule has 0 spiro atoms. The van der Waals surface area contributed by atoms with Gasteiger partial charge < -0.3 is 15.4 Å². The van der Waals surface area contributed by atoms with Gasteiger partial charge in [-0.1, -0.05) is 25.3 Å². The Hall–Kier alpha value is -1.11. The van der Waals surface area contributed by atoms with Gasteiger partial charge in [-0.25, -0.2) is 0 Å². The Labute approximate surface area is 180 Å². The van der Waals surface area contributed by atoms with E-state index in [1.807, 2.05) is 18.4 Å². The maximum absolute atomic E-state index is 5.70. The average molecular weight is 419 g/mol. The van der Waals surface area contributed by atoms with Crippen LogP contribution in [0.2, 0.25) is 0 Å². The fraction of sp³-hybridized carbons (Fsp3) is 0.783. The van der Waals surface area contributed by atoms with Gasteiger partial charge in [0.2, 0.25) is 0 Å². The van der Waals surface area contributed by atoms with Gasteiger partial charge in [-0.15, -0.1) is 11.3 Å². The molecule has 3 fully saturated rings. The number of likely N-dealkylation sites (tertiary alicyclic amines) is 1. The molecule has 4 rings (SSSR count). The highest BCUT2D eigenvalue weighted by molar-refractivity contribution is 7.10. The molecule has 2 aliphatic heterocycles. The summed E-state index contributed by atoms with van der Waals surface area (Å²) in [6.45, 7) is 6.16. The Balaban J connectivity index is 1.38. The monoisotopic (exact) mass is 418 g/mol. The van der Waals surface area contributed by atoms with Crippen molar-refractivity contribution < 1.29 is 4.74 Å². The smallest absolute Gasteiger partial charge is 0.191 e. The molecule has 162 valence electrons. The molecular weight excluding hydrogens is 380 g/mol. The van der Waals surface area contributed by atoms with Crippen molar-refractivity contribution in [2.45, 2.75) is 68.7 Å². The Morgan fingerprint density at radius 3 is 2.41 bits per heavy atom. The molecule has 0 unspecified atom stereocenters. The summed E-state index contributed by atoms with van der Waals surface area (Å²) >= 11 is 1.92. The summed E-state index contributed by atoms with van der Waals surface area (Å²) in [5, 5.41) is 9.64. The highest BCUT2D eigenvalue weighted by Gasteiger charge is 2.40. The van der Waals surface area contributed by atoms with E-state index >= 15 is 0 Å². The van der Waals surface area contributed by atoms with Crippen molar-refractivity contribution in [3.05, 3.63) is 22.4 Å². The van der Waals surface area contributed by atoms with Gasteiger partial charge in [0.1, 0.15) is 0 Å². The second kappa shape index (κ2) is 9.80. The minimum atomic E-state index is 0.225. The zero-order chi connectivity index (χ0) is 20.0. The molecule has 1 aromatic rings. The van der Waals surface area contributed by atoms with Crippen LogP contribution in [0.1, 0.15) is 62.7 Å². The minimum absolute atomic E-state index is 0.225. The highest BCUT2D eigenvalue weighted by atomic mass is 32.1. The summed E-state index contributed by atoms with van der Waals surface area (Å²) < 4.78 is 5.70. The van der Waals surface area contributed by atoms with Crippen LogP contribution in [0.25, 0.3) is 0 Å². The first-order valence-corrected chi connectivity index (χ1v) is 12.5. The average Bonchev–Trinajstić information content (AvgIpc) is 3.50. The Kier molecular flexibility index (Phi) is 7.14. The second-order valence-corrected chi connectivity index (χ2v) is 10.1. The van der Waals surface area contributed by atoms with Crippen molar-refractivity contribution in [3.63, 3.8) is 0 Å². The van der Waals surface area contributed by atoms with Gasteiger partial charge in [-0.2, -0.15) is 0 Å². The molecule has 0 amide bonds. The van der Waals surface area contributed by atoms with Gasteiger partial charge in [0.15, 0.2) is 5.96 Å². The van der Waals surface area contributed by atoms with E-state index in [2.05, 4.69) is 38.0 Å². The number of guanidine groups is 1. The molecular formula is C23H38N4OS. The fourth-order valence-electron chi connectivity index (χ4n) is 5.59. The van der Waals surface area contributed by atoms with Crippen molar-refractivity contribution in [2.75, 3.05) is 46.4 Å². The lowest BCUT2D eigenvalue weighted by molar-refractivity contribution is -0.0164. The number of nitrogens with one attached hydrogen (secondary N) is 2. The van der Waals surface area contributed by atoms with Gasteiger partial charge >= 0.3 is 0 Å². The van der Waals surface area contributed by atoms with Crippen LogP contribution in [0.15, 0.2) is 22.5 Å². The molecule has 2 N–H and O–H groups in total. The number of thiophene rings is 1.